The summed E-state index contributed by atoms with van der Waals surface area (Å²) in [6.45, 7) is 3.48. The molecule has 0 aromatic carbocycles. The van der Waals surface area contributed by atoms with Gasteiger partial charge in [-0.2, -0.15) is 0 Å². The molecule has 35 heavy (non-hydrogen) atoms. The van der Waals surface area contributed by atoms with Crippen molar-refractivity contribution in [2.75, 3.05) is 6.61 Å². The zero-order valence-electron chi connectivity index (χ0n) is 22.1. The second-order valence-corrected chi connectivity index (χ2v) is 10.8. The van der Waals surface area contributed by atoms with E-state index in [1.165, 1.54) is 64.2 Å². The molecule has 0 aromatic rings. The predicted octanol–water partition coefficient (Wildman–Crippen LogP) is -0.221. The zero-order valence-corrected chi connectivity index (χ0v) is 24.9. The van der Waals surface area contributed by atoms with E-state index in [0.29, 0.717) is 6.42 Å². The van der Waals surface area contributed by atoms with Crippen LogP contribution < -0.4 is 29.6 Å². The number of rotatable bonds is 23. The van der Waals surface area contributed by atoms with Gasteiger partial charge in [0.2, 0.25) is 10.4 Å². The van der Waals surface area contributed by atoms with Crippen LogP contribution in [0.3, 0.4) is 0 Å². The van der Waals surface area contributed by atoms with Crippen molar-refractivity contribution in [1.82, 2.24) is 0 Å². The van der Waals surface area contributed by atoms with Gasteiger partial charge in [-0.1, -0.05) is 104 Å². The molecule has 5 N–H and O–H groups in total. The number of aliphatic hydroxyl groups is 5. The van der Waals surface area contributed by atoms with Crippen LogP contribution in [-0.2, 0) is 14.6 Å². The minimum absolute atomic E-state index is 0. The van der Waals surface area contributed by atoms with Gasteiger partial charge in [0.05, 0.1) is 12.7 Å². The van der Waals surface area contributed by atoms with Crippen LogP contribution in [0.4, 0.5) is 0 Å². The maximum absolute atomic E-state index is 10.6. The Hall–Kier alpha value is 0.670. The van der Waals surface area contributed by atoms with Gasteiger partial charge < -0.3 is 30.1 Å². The van der Waals surface area contributed by atoms with Crippen LogP contribution in [0, 0.1) is 5.92 Å². The van der Waals surface area contributed by atoms with Gasteiger partial charge in [-0.3, -0.25) is 4.18 Å². The van der Waals surface area contributed by atoms with Crippen LogP contribution in [0.1, 0.15) is 110 Å². The van der Waals surface area contributed by atoms with E-state index < -0.39 is 47.5 Å². The quantitative estimate of drug-likeness (QED) is 0.0513. The summed E-state index contributed by atoms with van der Waals surface area (Å²) in [5.41, 5.74) is 0. The Balaban J connectivity index is 0. The maximum Gasteiger partial charge on any atom is 1.00 e. The largest absolute Gasteiger partial charge is 1.00 e. The molecular weight excluding hydrogens is 487 g/mol. The SMILES string of the molecule is CC(C)CCCCCCCCCCCCCCCC(O)[C@@H](O)[C@@H](O)[C@H](O)[C@@H](CO)OS(=O)(=O)[O-].[Na+]. The summed E-state index contributed by atoms with van der Waals surface area (Å²) in [5.74, 6) is 0.811. The predicted molar refractivity (Wildman–Crippen MR) is 130 cm³/mol. The Bertz CT molecular complexity index is 577. The van der Waals surface area contributed by atoms with E-state index in [4.69, 9.17) is 5.11 Å². The molecule has 5 atom stereocenters. The van der Waals surface area contributed by atoms with Crippen molar-refractivity contribution in [3.63, 3.8) is 0 Å². The van der Waals surface area contributed by atoms with E-state index >= 15 is 0 Å². The fourth-order valence-corrected chi connectivity index (χ4v) is 4.50. The van der Waals surface area contributed by atoms with Crippen molar-refractivity contribution in [3.05, 3.63) is 0 Å². The van der Waals surface area contributed by atoms with E-state index in [1.54, 1.807) is 0 Å². The fourth-order valence-electron chi connectivity index (χ4n) is 4.02. The minimum atomic E-state index is -5.22. The van der Waals surface area contributed by atoms with E-state index in [-0.39, 0.29) is 36.0 Å². The number of unbranched alkanes of at least 4 members (excludes halogenated alkanes) is 12. The summed E-state index contributed by atoms with van der Waals surface area (Å²) < 4.78 is 35.8. The van der Waals surface area contributed by atoms with Gasteiger partial charge in [0, 0.05) is 0 Å². The molecular formula is C24H49NaO9S. The third kappa shape index (κ3) is 21.3. The first kappa shape index (κ1) is 37.8. The third-order valence-electron chi connectivity index (χ3n) is 6.18. The van der Waals surface area contributed by atoms with Crippen LogP contribution >= 0.6 is 0 Å². The number of hydrogen-bond acceptors (Lipinski definition) is 9. The average Bonchev–Trinajstić information content (AvgIpc) is 2.77. The molecule has 206 valence electrons. The Labute approximate surface area is 234 Å². The summed E-state index contributed by atoms with van der Waals surface area (Å²) in [5, 5.41) is 48.9. The first-order valence-corrected chi connectivity index (χ1v) is 14.3. The Kier molecular flexibility index (Phi) is 24.5. The van der Waals surface area contributed by atoms with E-state index in [2.05, 4.69) is 18.0 Å². The molecule has 0 heterocycles. The molecule has 0 aromatic heterocycles. The van der Waals surface area contributed by atoms with Crippen molar-refractivity contribution >= 4 is 10.4 Å². The second kappa shape index (κ2) is 22.6. The number of hydrogen-bond donors (Lipinski definition) is 5. The normalized spacial score (nSPS) is 16.5. The number of aliphatic hydroxyl groups excluding tert-OH is 5. The Morgan fingerprint density at radius 2 is 1.03 bits per heavy atom. The summed E-state index contributed by atoms with van der Waals surface area (Å²) in [6, 6.07) is 0. The molecule has 9 nitrogen and oxygen atoms in total. The molecule has 0 saturated heterocycles. The Morgan fingerprint density at radius 1 is 0.657 bits per heavy atom. The van der Waals surface area contributed by atoms with E-state index in [1.807, 2.05) is 0 Å². The van der Waals surface area contributed by atoms with Gasteiger partial charge in [0.25, 0.3) is 0 Å². The van der Waals surface area contributed by atoms with E-state index in [0.717, 1.165) is 25.2 Å². The molecule has 0 radical (unpaired) electrons. The summed E-state index contributed by atoms with van der Waals surface area (Å²) in [6.07, 6.45) is 7.66. The molecule has 0 aliphatic carbocycles. The van der Waals surface area contributed by atoms with Crippen LogP contribution in [-0.4, -0.2) is 75.6 Å². The molecule has 0 rings (SSSR count). The summed E-state index contributed by atoms with van der Waals surface area (Å²) in [7, 11) is -5.22. The minimum Gasteiger partial charge on any atom is -0.726 e. The standard InChI is InChI=1S/C24H50O9S.Na/c1-19(2)16-14-12-10-8-6-4-3-5-7-9-11-13-15-17-20(26)22(27)24(29)23(28)21(18-25)33-34(30,31)32;/h19-29H,3-18H2,1-2H3,(H,30,31,32);/q;+1/p-1/t20?,21-,22-,23-,24-;/m1./s1. The van der Waals surface area contributed by atoms with E-state index in [9.17, 15) is 33.4 Å². The summed E-state index contributed by atoms with van der Waals surface area (Å²) >= 11 is 0. The zero-order chi connectivity index (χ0) is 26.0. The topological polar surface area (TPSA) is 168 Å². The van der Waals surface area contributed by atoms with Crippen LogP contribution in [0.5, 0.6) is 0 Å². The molecule has 0 bridgehead atoms. The van der Waals surface area contributed by atoms with Crippen molar-refractivity contribution in [1.29, 1.82) is 0 Å². The van der Waals surface area contributed by atoms with Crippen molar-refractivity contribution in [2.24, 2.45) is 5.92 Å². The average molecular weight is 537 g/mol. The van der Waals surface area contributed by atoms with Crippen LogP contribution in [0.25, 0.3) is 0 Å². The van der Waals surface area contributed by atoms with Crippen molar-refractivity contribution in [2.45, 2.75) is 141 Å². The smallest absolute Gasteiger partial charge is 0.726 e. The van der Waals surface area contributed by atoms with Crippen molar-refractivity contribution < 1.29 is 72.2 Å². The molecule has 0 amide bonds. The van der Waals surface area contributed by atoms with Gasteiger partial charge >= 0.3 is 29.6 Å². The van der Waals surface area contributed by atoms with Crippen molar-refractivity contribution in [3.8, 4) is 0 Å². The van der Waals surface area contributed by atoms with Gasteiger partial charge in [0.15, 0.2) is 0 Å². The summed E-state index contributed by atoms with van der Waals surface area (Å²) in [4.78, 5) is 0. The first-order valence-electron chi connectivity index (χ1n) is 13.0. The maximum atomic E-state index is 10.6. The second-order valence-electron chi connectivity index (χ2n) is 9.83. The van der Waals surface area contributed by atoms with Gasteiger partial charge in [-0.25, -0.2) is 8.42 Å². The fraction of sp³-hybridized carbons (Fsp3) is 1.00. The van der Waals surface area contributed by atoms with Gasteiger partial charge in [0.1, 0.15) is 24.4 Å². The molecule has 0 spiro atoms. The van der Waals surface area contributed by atoms with Crippen LogP contribution in [0.15, 0.2) is 0 Å². The first-order chi connectivity index (χ1) is 16.0. The molecule has 0 aliphatic rings. The molecule has 1 unspecified atom stereocenters. The van der Waals surface area contributed by atoms with Gasteiger partial charge in [-0.05, 0) is 12.3 Å². The van der Waals surface area contributed by atoms with Gasteiger partial charge in [-0.15, -0.1) is 0 Å². The molecule has 0 saturated carbocycles. The molecule has 0 fully saturated rings. The van der Waals surface area contributed by atoms with Crippen LogP contribution in [0.2, 0.25) is 0 Å². The monoisotopic (exact) mass is 536 g/mol. The molecule has 0 aliphatic heterocycles. The molecule has 11 heteroatoms. The third-order valence-corrected chi connectivity index (χ3v) is 6.66. The Morgan fingerprint density at radius 3 is 1.37 bits per heavy atom.